The molecular formula is C24H30FN5O2S. The van der Waals surface area contributed by atoms with Crippen LogP contribution in [-0.4, -0.2) is 51.9 Å². The first-order valence-corrected chi connectivity index (χ1v) is 12.3. The smallest absolute Gasteiger partial charge is 0.191 e. The number of ether oxygens (including phenoxy) is 1. The van der Waals surface area contributed by atoms with E-state index in [0.717, 1.165) is 25.9 Å². The van der Waals surface area contributed by atoms with Crippen LogP contribution in [0.15, 0.2) is 24.5 Å². The van der Waals surface area contributed by atoms with E-state index >= 15 is 0 Å². The third kappa shape index (κ3) is 6.03. The van der Waals surface area contributed by atoms with Gasteiger partial charge in [0.15, 0.2) is 16.6 Å². The van der Waals surface area contributed by atoms with E-state index in [2.05, 4.69) is 32.2 Å². The standard InChI is InChI=1S/C24H30FN5O2S/c1-15(2)32-20-13-17(25)7-8-18(20)28-22-21-24(27-14-26-22)33-23(29-21)19(31)6-4-5-16-9-11-30(3)12-10-16/h7-8,13-16H,4-6,9-12H2,1-3H3,(H,26,27,28). The zero-order chi connectivity index (χ0) is 23.4. The molecule has 0 saturated carbocycles. The number of ketones is 1. The Morgan fingerprint density at radius 3 is 2.85 bits per heavy atom. The van der Waals surface area contributed by atoms with Crippen molar-refractivity contribution in [1.29, 1.82) is 0 Å². The lowest BCUT2D eigenvalue weighted by Crippen LogP contribution is -2.30. The Kier molecular flexibility index (Phi) is 7.49. The molecule has 33 heavy (non-hydrogen) atoms. The van der Waals surface area contributed by atoms with Gasteiger partial charge in [0.05, 0.1) is 11.8 Å². The summed E-state index contributed by atoms with van der Waals surface area (Å²) in [5.41, 5.74) is 1.10. The largest absolute Gasteiger partial charge is 0.489 e. The summed E-state index contributed by atoms with van der Waals surface area (Å²) in [6.07, 6.45) is 6.20. The number of nitrogens with one attached hydrogen (secondary N) is 1. The van der Waals surface area contributed by atoms with Crippen molar-refractivity contribution in [1.82, 2.24) is 19.9 Å². The second kappa shape index (κ2) is 10.5. The number of thiazole rings is 1. The van der Waals surface area contributed by atoms with E-state index in [-0.39, 0.29) is 17.7 Å². The van der Waals surface area contributed by atoms with Gasteiger partial charge in [0.2, 0.25) is 0 Å². The predicted molar refractivity (Wildman–Crippen MR) is 129 cm³/mol. The molecule has 0 spiro atoms. The number of benzene rings is 1. The minimum atomic E-state index is -0.383. The van der Waals surface area contributed by atoms with E-state index in [1.165, 1.54) is 42.6 Å². The van der Waals surface area contributed by atoms with E-state index in [1.54, 1.807) is 6.07 Å². The molecule has 1 fully saturated rings. The minimum absolute atomic E-state index is 0.0440. The molecule has 7 nitrogen and oxygen atoms in total. The highest BCUT2D eigenvalue weighted by Gasteiger charge is 2.20. The Morgan fingerprint density at radius 2 is 2.09 bits per heavy atom. The van der Waals surface area contributed by atoms with Crippen LogP contribution in [0.5, 0.6) is 5.75 Å². The number of likely N-dealkylation sites (tertiary alicyclic amines) is 1. The maximum absolute atomic E-state index is 13.7. The fourth-order valence-corrected chi connectivity index (χ4v) is 4.93. The summed E-state index contributed by atoms with van der Waals surface area (Å²) < 4.78 is 19.5. The molecule has 1 aromatic carbocycles. The first kappa shape index (κ1) is 23.5. The Bertz CT molecular complexity index is 1110. The van der Waals surface area contributed by atoms with E-state index in [1.807, 2.05) is 13.8 Å². The van der Waals surface area contributed by atoms with Crippen molar-refractivity contribution in [3.63, 3.8) is 0 Å². The molecule has 2 aromatic heterocycles. The number of anilines is 2. The second-order valence-electron chi connectivity index (χ2n) is 8.89. The molecule has 9 heteroatoms. The molecule has 0 bridgehead atoms. The molecular weight excluding hydrogens is 441 g/mol. The molecule has 0 unspecified atom stereocenters. The van der Waals surface area contributed by atoms with Gasteiger partial charge in [0.25, 0.3) is 0 Å². The molecule has 176 valence electrons. The summed E-state index contributed by atoms with van der Waals surface area (Å²) in [5.74, 6) is 1.22. The van der Waals surface area contributed by atoms with Crippen LogP contribution in [0.2, 0.25) is 0 Å². The average Bonchev–Trinajstić information content (AvgIpc) is 3.22. The van der Waals surface area contributed by atoms with Gasteiger partial charge in [-0.05, 0) is 77.7 Å². The van der Waals surface area contributed by atoms with Gasteiger partial charge in [0, 0.05) is 12.5 Å². The zero-order valence-corrected chi connectivity index (χ0v) is 20.1. The molecule has 4 rings (SSSR count). The van der Waals surface area contributed by atoms with Crippen LogP contribution < -0.4 is 10.1 Å². The van der Waals surface area contributed by atoms with Gasteiger partial charge in [-0.3, -0.25) is 4.79 Å². The number of carbonyl (C=O) groups is 1. The van der Waals surface area contributed by atoms with Crippen LogP contribution >= 0.6 is 11.3 Å². The first-order chi connectivity index (χ1) is 15.9. The van der Waals surface area contributed by atoms with Gasteiger partial charge in [-0.25, -0.2) is 19.3 Å². The maximum Gasteiger partial charge on any atom is 0.191 e. The fraction of sp³-hybridized carbons (Fsp3) is 0.500. The number of fused-ring (bicyclic) bond motifs is 1. The molecule has 1 aliphatic heterocycles. The van der Waals surface area contributed by atoms with Crippen LogP contribution in [0.1, 0.15) is 55.8 Å². The third-order valence-electron chi connectivity index (χ3n) is 5.85. The summed E-state index contributed by atoms with van der Waals surface area (Å²) in [7, 11) is 2.16. The molecule has 0 amide bonds. The number of piperidine rings is 1. The van der Waals surface area contributed by atoms with Crippen LogP contribution in [0.4, 0.5) is 15.9 Å². The highest BCUT2D eigenvalue weighted by molar-refractivity contribution is 7.20. The van der Waals surface area contributed by atoms with Crippen molar-refractivity contribution in [2.75, 3.05) is 25.5 Å². The van der Waals surface area contributed by atoms with Crippen LogP contribution in [0.25, 0.3) is 10.3 Å². The number of carbonyl (C=O) groups excluding carboxylic acids is 1. The van der Waals surface area contributed by atoms with Crippen molar-refractivity contribution < 1.29 is 13.9 Å². The molecule has 3 aromatic rings. The Balaban J connectivity index is 1.45. The highest BCUT2D eigenvalue weighted by atomic mass is 32.1. The number of halogens is 1. The summed E-state index contributed by atoms with van der Waals surface area (Å²) in [5, 5.41) is 3.63. The van der Waals surface area contributed by atoms with E-state index in [0.29, 0.717) is 44.9 Å². The van der Waals surface area contributed by atoms with Crippen molar-refractivity contribution in [2.24, 2.45) is 5.92 Å². The molecule has 1 aliphatic rings. The van der Waals surface area contributed by atoms with E-state index in [4.69, 9.17) is 4.74 Å². The quantitative estimate of drug-likeness (QED) is 0.416. The van der Waals surface area contributed by atoms with Gasteiger partial charge in [-0.1, -0.05) is 11.3 Å². The lowest BCUT2D eigenvalue weighted by Gasteiger charge is -2.28. The van der Waals surface area contributed by atoms with Crippen LogP contribution in [0, 0.1) is 11.7 Å². The predicted octanol–water partition coefficient (Wildman–Crippen LogP) is 5.45. The first-order valence-electron chi connectivity index (χ1n) is 11.5. The molecule has 0 radical (unpaired) electrons. The molecule has 3 heterocycles. The topological polar surface area (TPSA) is 80.2 Å². The minimum Gasteiger partial charge on any atom is -0.489 e. The number of rotatable bonds is 9. The average molecular weight is 472 g/mol. The summed E-state index contributed by atoms with van der Waals surface area (Å²) in [6.45, 7) is 6.04. The molecule has 0 aliphatic carbocycles. The zero-order valence-electron chi connectivity index (χ0n) is 19.3. The van der Waals surface area contributed by atoms with Gasteiger partial charge in [0.1, 0.15) is 28.2 Å². The monoisotopic (exact) mass is 471 g/mol. The van der Waals surface area contributed by atoms with Gasteiger partial charge in [-0.15, -0.1) is 0 Å². The molecule has 1 N–H and O–H groups in total. The molecule has 1 saturated heterocycles. The normalized spacial score (nSPS) is 15.3. The van der Waals surface area contributed by atoms with Gasteiger partial charge < -0.3 is 15.0 Å². The van der Waals surface area contributed by atoms with Crippen LogP contribution in [0.3, 0.4) is 0 Å². The van der Waals surface area contributed by atoms with Crippen molar-refractivity contribution in [2.45, 2.75) is 52.1 Å². The molecule has 0 atom stereocenters. The van der Waals surface area contributed by atoms with E-state index < -0.39 is 0 Å². The lowest BCUT2D eigenvalue weighted by molar-refractivity contribution is 0.0975. The SMILES string of the molecule is CC(C)Oc1cc(F)ccc1Nc1ncnc2sc(C(=O)CCCC3CCN(C)CC3)nc12. The van der Waals surface area contributed by atoms with Crippen molar-refractivity contribution in [3.05, 3.63) is 35.4 Å². The highest BCUT2D eigenvalue weighted by Crippen LogP contribution is 2.33. The van der Waals surface area contributed by atoms with Crippen molar-refractivity contribution >= 4 is 39.0 Å². The summed E-state index contributed by atoms with van der Waals surface area (Å²) >= 11 is 1.28. The van der Waals surface area contributed by atoms with Crippen LogP contribution in [-0.2, 0) is 0 Å². The number of Topliss-reactive ketones (excluding diaryl/α,β-unsaturated/α-hetero) is 1. The summed E-state index contributed by atoms with van der Waals surface area (Å²) in [4.78, 5) is 28.9. The van der Waals surface area contributed by atoms with E-state index in [9.17, 15) is 9.18 Å². The fourth-order valence-electron chi connectivity index (χ4n) is 4.05. The number of hydrogen-bond acceptors (Lipinski definition) is 8. The van der Waals surface area contributed by atoms with Gasteiger partial charge >= 0.3 is 0 Å². The van der Waals surface area contributed by atoms with Gasteiger partial charge in [-0.2, -0.15) is 0 Å². The Hall–Kier alpha value is -2.65. The number of nitrogens with zero attached hydrogens (tertiary/aromatic N) is 4. The Labute approximate surface area is 197 Å². The third-order valence-corrected chi connectivity index (χ3v) is 6.85. The van der Waals surface area contributed by atoms with Crippen molar-refractivity contribution in [3.8, 4) is 5.75 Å². The maximum atomic E-state index is 13.7. The second-order valence-corrected chi connectivity index (χ2v) is 9.87. The Morgan fingerprint density at radius 1 is 1.30 bits per heavy atom. The number of hydrogen-bond donors (Lipinski definition) is 1. The summed E-state index contributed by atoms with van der Waals surface area (Å²) in [6, 6.07) is 4.29. The lowest BCUT2D eigenvalue weighted by atomic mass is 9.91. The number of aromatic nitrogens is 3.